The van der Waals surface area contributed by atoms with E-state index in [1.807, 2.05) is 0 Å². The largest absolute Gasteiger partial charge is 0.317 e. The van der Waals surface area contributed by atoms with Crippen molar-refractivity contribution in [2.24, 2.45) is 5.92 Å². The SMILES string of the molecule is CN(C)CC(c1ccccc1)C1CCNCC1. The Morgan fingerprint density at radius 2 is 1.82 bits per heavy atom. The summed E-state index contributed by atoms with van der Waals surface area (Å²) < 4.78 is 0. The predicted molar refractivity (Wildman–Crippen MR) is 73.3 cm³/mol. The van der Waals surface area contributed by atoms with E-state index in [-0.39, 0.29) is 0 Å². The van der Waals surface area contributed by atoms with Crippen LogP contribution in [0.15, 0.2) is 30.3 Å². The van der Waals surface area contributed by atoms with Crippen LogP contribution in [0.3, 0.4) is 0 Å². The first-order valence-electron chi connectivity index (χ1n) is 6.68. The van der Waals surface area contributed by atoms with Gasteiger partial charge < -0.3 is 10.2 Å². The molecular weight excluding hydrogens is 208 g/mol. The molecule has 2 nitrogen and oxygen atoms in total. The molecule has 0 spiro atoms. The summed E-state index contributed by atoms with van der Waals surface area (Å²) in [5.74, 6) is 1.52. The third kappa shape index (κ3) is 3.55. The van der Waals surface area contributed by atoms with E-state index in [0.717, 1.165) is 12.5 Å². The molecule has 2 rings (SSSR count). The zero-order valence-electron chi connectivity index (χ0n) is 11.0. The highest BCUT2D eigenvalue weighted by molar-refractivity contribution is 5.21. The molecule has 1 unspecified atom stereocenters. The molecule has 0 amide bonds. The fraction of sp³-hybridized carbons (Fsp3) is 0.600. The maximum atomic E-state index is 3.46. The molecule has 1 aliphatic rings. The van der Waals surface area contributed by atoms with E-state index in [1.54, 1.807) is 0 Å². The monoisotopic (exact) mass is 232 g/mol. The number of hydrogen-bond acceptors (Lipinski definition) is 2. The fourth-order valence-corrected chi connectivity index (χ4v) is 2.87. The van der Waals surface area contributed by atoms with Gasteiger partial charge in [-0.15, -0.1) is 0 Å². The summed E-state index contributed by atoms with van der Waals surface area (Å²) in [6, 6.07) is 11.0. The van der Waals surface area contributed by atoms with Crippen LogP contribution in [-0.2, 0) is 0 Å². The van der Waals surface area contributed by atoms with Gasteiger partial charge in [-0.3, -0.25) is 0 Å². The van der Waals surface area contributed by atoms with Crippen molar-refractivity contribution in [2.75, 3.05) is 33.7 Å². The van der Waals surface area contributed by atoms with E-state index in [4.69, 9.17) is 0 Å². The number of piperidine rings is 1. The van der Waals surface area contributed by atoms with E-state index in [1.165, 1.54) is 31.5 Å². The molecule has 0 aliphatic carbocycles. The summed E-state index contributed by atoms with van der Waals surface area (Å²) in [5.41, 5.74) is 1.51. The summed E-state index contributed by atoms with van der Waals surface area (Å²) in [6.45, 7) is 3.53. The zero-order chi connectivity index (χ0) is 12.1. The molecule has 1 saturated heterocycles. The van der Waals surface area contributed by atoms with Gasteiger partial charge in [0.2, 0.25) is 0 Å². The maximum Gasteiger partial charge on any atom is 0.00469 e. The van der Waals surface area contributed by atoms with Crippen molar-refractivity contribution < 1.29 is 0 Å². The maximum absolute atomic E-state index is 3.46. The van der Waals surface area contributed by atoms with Gasteiger partial charge in [0.15, 0.2) is 0 Å². The number of benzene rings is 1. The number of rotatable bonds is 4. The molecule has 1 atom stereocenters. The number of nitrogens with one attached hydrogen (secondary N) is 1. The second-order valence-corrected chi connectivity index (χ2v) is 5.37. The summed E-state index contributed by atoms with van der Waals surface area (Å²) >= 11 is 0. The Bertz CT molecular complexity index is 315. The molecule has 1 heterocycles. The van der Waals surface area contributed by atoms with E-state index in [9.17, 15) is 0 Å². The molecule has 1 fully saturated rings. The normalized spacial score (nSPS) is 19.5. The average Bonchev–Trinajstić information content (AvgIpc) is 2.38. The highest BCUT2D eigenvalue weighted by atomic mass is 15.1. The van der Waals surface area contributed by atoms with Crippen molar-refractivity contribution >= 4 is 0 Å². The average molecular weight is 232 g/mol. The quantitative estimate of drug-likeness (QED) is 0.857. The summed E-state index contributed by atoms with van der Waals surface area (Å²) in [7, 11) is 4.36. The van der Waals surface area contributed by atoms with E-state index >= 15 is 0 Å². The molecular formula is C15H24N2. The minimum absolute atomic E-state index is 0.688. The van der Waals surface area contributed by atoms with E-state index in [0.29, 0.717) is 5.92 Å². The van der Waals surface area contributed by atoms with E-state index < -0.39 is 0 Å². The standard InChI is InChI=1S/C15H24N2/c1-17(2)12-15(13-6-4-3-5-7-13)14-8-10-16-11-9-14/h3-7,14-16H,8-12H2,1-2H3. The lowest BCUT2D eigenvalue weighted by molar-refractivity contribution is 0.262. The predicted octanol–water partition coefficient (Wildman–Crippen LogP) is 2.33. The van der Waals surface area contributed by atoms with Gasteiger partial charge in [0.05, 0.1) is 0 Å². The highest BCUT2D eigenvalue weighted by Gasteiger charge is 2.25. The minimum atomic E-state index is 0.688. The first-order valence-corrected chi connectivity index (χ1v) is 6.68. The van der Waals surface area contributed by atoms with Crippen molar-refractivity contribution in [3.8, 4) is 0 Å². The lowest BCUT2D eigenvalue weighted by Crippen LogP contribution is -2.34. The first-order chi connectivity index (χ1) is 8.27. The van der Waals surface area contributed by atoms with Crippen LogP contribution in [0.4, 0.5) is 0 Å². The Kier molecular flexibility index (Phi) is 4.57. The lowest BCUT2D eigenvalue weighted by atomic mass is 9.80. The Morgan fingerprint density at radius 1 is 1.18 bits per heavy atom. The molecule has 94 valence electrons. The summed E-state index contributed by atoms with van der Waals surface area (Å²) in [4.78, 5) is 2.32. The van der Waals surface area contributed by atoms with Crippen LogP contribution in [0, 0.1) is 5.92 Å². The van der Waals surface area contributed by atoms with Gasteiger partial charge in [0.25, 0.3) is 0 Å². The topological polar surface area (TPSA) is 15.3 Å². The van der Waals surface area contributed by atoms with Crippen LogP contribution in [0.1, 0.15) is 24.3 Å². The van der Waals surface area contributed by atoms with Gasteiger partial charge in [-0.1, -0.05) is 30.3 Å². The first kappa shape index (κ1) is 12.6. The molecule has 1 aromatic carbocycles. The Balaban J connectivity index is 2.12. The third-order valence-corrected chi connectivity index (χ3v) is 3.74. The number of nitrogens with zero attached hydrogens (tertiary/aromatic N) is 1. The van der Waals surface area contributed by atoms with Crippen molar-refractivity contribution in [1.29, 1.82) is 0 Å². The van der Waals surface area contributed by atoms with Gasteiger partial charge in [-0.05, 0) is 57.4 Å². The number of likely N-dealkylation sites (N-methyl/N-ethyl adjacent to an activating group) is 1. The zero-order valence-corrected chi connectivity index (χ0v) is 11.0. The second-order valence-electron chi connectivity index (χ2n) is 5.37. The fourth-order valence-electron chi connectivity index (χ4n) is 2.87. The van der Waals surface area contributed by atoms with Gasteiger partial charge >= 0.3 is 0 Å². The molecule has 17 heavy (non-hydrogen) atoms. The molecule has 1 N–H and O–H groups in total. The molecule has 0 aromatic heterocycles. The molecule has 0 saturated carbocycles. The lowest BCUT2D eigenvalue weighted by Gasteiger charge is -2.33. The molecule has 0 bridgehead atoms. The van der Waals surface area contributed by atoms with Crippen molar-refractivity contribution in [3.05, 3.63) is 35.9 Å². The summed E-state index contributed by atoms with van der Waals surface area (Å²) in [5, 5.41) is 3.46. The molecule has 0 radical (unpaired) electrons. The van der Waals surface area contributed by atoms with Crippen molar-refractivity contribution in [2.45, 2.75) is 18.8 Å². The molecule has 1 aromatic rings. The Hall–Kier alpha value is -0.860. The van der Waals surface area contributed by atoms with Gasteiger partial charge in [-0.2, -0.15) is 0 Å². The highest BCUT2D eigenvalue weighted by Crippen LogP contribution is 2.31. The minimum Gasteiger partial charge on any atom is -0.317 e. The van der Waals surface area contributed by atoms with Crippen LogP contribution in [-0.4, -0.2) is 38.6 Å². The second kappa shape index (κ2) is 6.18. The van der Waals surface area contributed by atoms with E-state index in [2.05, 4.69) is 54.6 Å². The number of hydrogen-bond donors (Lipinski definition) is 1. The smallest absolute Gasteiger partial charge is 0.00469 e. The Morgan fingerprint density at radius 3 is 2.41 bits per heavy atom. The van der Waals surface area contributed by atoms with Gasteiger partial charge in [-0.25, -0.2) is 0 Å². The van der Waals surface area contributed by atoms with Crippen LogP contribution in [0.25, 0.3) is 0 Å². The molecule has 1 aliphatic heterocycles. The summed E-state index contributed by atoms with van der Waals surface area (Å²) in [6.07, 6.45) is 2.63. The van der Waals surface area contributed by atoms with Gasteiger partial charge in [0.1, 0.15) is 0 Å². The van der Waals surface area contributed by atoms with Crippen LogP contribution < -0.4 is 5.32 Å². The molecule has 2 heteroatoms. The van der Waals surface area contributed by atoms with Crippen molar-refractivity contribution in [1.82, 2.24) is 10.2 Å². The van der Waals surface area contributed by atoms with Gasteiger partial charge in [0, 0.05) is 6.54 Å². The van der Waals surface area contributed by atoms with Crippen LogP contribution in [0.2, 0.25) is 0 Å². The van der Waals surface area contributed by atoms with Crippen LogP contribution in [0.5, 0.6) is 0 Å². The Labute approximate surface area is 105 Å². The third-order valence-electron chi connectivity index (χ3n) is 3.74. The van der Waals surface area contributed by atoms with Crippen LogP contribution >= 0.6 is 0 Å². The van der Waals surface area contributed by atoms with Crippen molar-refractivity contribution in [3.63, 3.8) is 0 Å².